The number of halogens is 1. The topological polar surface area (TPSA) is 29.1 Å². The van der Waals surface area contributed by atoms with E-state index in [0.717, 1.165) is 6.54 Å². The molecule has 1 aliphatic carbocycles. The lowest BCUT2D eigenvalue weighted by Gasteiger charge is -2.19. The van der Waals surface area contributed by atoms with Crippen molar-refractivity contribution in [1.29, 1.82) is 0 Å². The zero-order valence-electron chi connectivity index (χ0n) is 7.69. The van der Waals surface area contributed by atoms with Crippen molar-refractivity contribution in [3.05, 3.63) is 0 Å². The summed E-state index contributed by atoms with van der Waals surface area (Å²) in [4.78, 5) is 10.9. The van der Waals surface area contributed by atoms with Gasteiger partial charge in [-0.05, 0) is 24.2 Å². The molecule has 0 aromatic carbocycles. The Balaban J connectivity index is 2.27. The molecule has 0 aromatic rings. The van der Waals surface area contributed by atoms with E-state index in [-0.39, 0.29) is 11.8 Å². The first kappa shape index (κ1) is 9.85. The molecule has 1 fully saturated rings. The van der Waals surface area contributed by atoms with E-state index >= 15 is 0 Å². The van der Waals surface area contributed by atoms with Crippen LogP contribution >= 0.6 is 11.6 Å². The Labute approximate surface area is 78.7 Å². The summed E-state index contributed by atoms with van der Waals surface area (Å²) in [5, 5.41) is 2.85. The summed E-state index contributed by atoms with van der Waals surface area (Å²) in [7, 11) is 0. The molecule has 0 heterocycles. The van der Waals surface area contributed by atoms with Crippen LogP contribution in [0.2, 0.25) is 0 Å². The van der Waals surface area contributed by atoms with Gasteiger partial charge in [-0.15, -0.1) is 11.6 Å². The second-order valence-corrected chi connectivity index (χ2v) is 4.19. The highest BCUT2D eigenvalue weighted by Crippen LogP contribution is 2.51. The highest BCUT2D eigenvalue weighted by Gasteiger charge is 2.45. The van der Waals surface area contributed by atoms with E-state index in [2.05, 4.69) is 19.2 Å². The van der Waals surface area contributed by atoms with Crippen LogP contribution in [0.3, 0.4) is 0 Å². The number of hydrogen-bond donors (Lipinski definition) is 1. The van der Waals surface area contributed by atoms with Crippen LogP contribution in [-0.4, -0.2) is 18.3 Å². The average molecular weight is 190 g/mol. The molecule has 2 nitrogen and oxygen atoms in total. The second kappa shape index (κ2) is 3.65. The second-order valence-electron chi connectivity index (χ2n) is 3.93. The molecule has 0 bridgehead atoms. The summed E-state index contributed by atoms with van der Waals surface area (Å²) in [6.07, 6.45) is 2.49. The first-order valence-electron chi connectivity index (χ1n) is 4.43. The van der Waals surface area contributed by atoms with Crippen LogP contribution in [0, 0.1) is 11.3 Å². The van der Waals surface area contributed by atoms with Crippen molar-refractivity contribution in [2.75, 3.05) is 12.4 Å². The van der Waals surface area contributed by atoms with Crippen LogP contribution in [0.1, 0.15) is 26.7 Å². The fourth-order valence-electron chi connectivity index (χ4n) is 1.44. The van der Waals surface area contributed by atoms with Gasteiger partial charge < -0.3 is 5.32 Å². The van der Waals surface area contributed by atoms with Crippen LogP contribution in [0.25, 0.3) is 0 Å². The molecular formula is C9H16ClNO. The predicted octanol–water partition coefficient (Wildman–Crippen LogP) is 1.78. The van der Waals surface area contributed by atoms with Gasteiger partial charge in [0.25, 0.3) is 0 Å². The minimum absolute atomic E-state index is 0.0522. The number of hydrogen-bond acceptors (Lipinski definition) is 1. The monoisotopic (exact) mass is 189 g/mol. The summed E-state index contributed by atoms with van der Waals surface area (Å²) in [6, 6.07) is 0. The first-order valence-corrected chi connectivity index (χ1v) is 4.97. The summed E-state index contributed by atoms with van der Waals surface area (Å²) < 4.78 is 0. The summed E-state index contributed by atoms with van der Waals surface area (Å²) in [6.45, 7) is 5.22. The van der Waals surface area contributed by atoms with E-state index in [4.69, 9.17) is 11.6 Å². The minimum atomic E-state index is -0.0522. The summed E-state index contributed by atoms with van der Waals surface area (Å²) in [5.41, 5.74) is 0.391. The lowest BCUT2D eigenvalue weighted by molar-refractivity contribution is -0.119. The Morgan fingerprint density at radius 3 is 2.50 bits per heavy atom. The summed E-state index contributed by atoms with van der Waals surface area (Å²) >= 11 is 5.37. The molecule has 0 radical (unpaired) electrons. The Morgan fingerprint density at radius 2 is 2.17 bits per heavy atom. The van der Waals surface area contributed by atoms with E-state index in [1.54, 1.807) is 0 Å². The van der Waals surface area contributed by atoms with Gasteiger partial charge in [0.15, 0.2) is 0 Å². The van der Waals surface area contributed by atoms with E-state index in [1.807, 2.05) is 0 Å². The van der Waals surface area contributed by atoms with E-state index in [1.165, 1.54) is 12.8 Å². The fraction of sp³-hybridized carbons (Fsp3) is 0.889. The van der Waals surface area contributed by atoms with Crippen molar-refractivity contribution in [3.63, 3.8) is 0 Å². The molecule has 0 saturated heterocycles. The summed E-state index contributed by atoms with van der Waals surface area (Å²) in [5.74, 6) is 0.686. The van der Waals surface area contributed by atoms with Gasteiger partial charge >= 0.3 is 0 Å². The smallest absolute Gasteiger partial charge is 0.234 e. The van der Waals surface area contributed by atoms with Crippen molar-refractivity contribution in [2.45, 2.75) is 26.7 Å². The van der Waals surface area contributed by atoms with Gasteiger partial charge in [0.2, 0.25) is 5.91 Å². The Kier molecular flexibility index (Phi) is 2.99. The van der Waals surface area contributed by atoms with Crippen LogP contribution in [0.5, 0.6) is 0 Å². The largest absolute Gasteiger partial charge is 0.355 e. The standard InChI is InChI=1S/C9H16ClNO/c1-7(2)9(3-4-9)6-11-8(12)5-10/h7H,3-6H2,1-2H3,(H,11,12). The predicted molar refractivity (Wildman–Crippen MR) is 50.2 cm³/mol. The van der Waals surface area contributed by atoms with Gasteiger partial charge in [0, 0.05) is 6.54 Å². The van der Waals surface area contributed by atoms with Crippen molar-refractivity contribution < 1.29 is 4.79 Å². The zero-order valence-corrected chi connectivity index (χ0v) is 8.45. The van der Waals surface area contributed by atoms with E-state index in [0.29, 0.717) is 11.3 Å². The lowest BCUT2D eigenvalue weighted by Crippen LogP contribution is -2.33. The molecule has 70 valence electrons. The highest BCUT2D eigenvalue weighted by molar-refractivity contribution is 6.27. The third kappa shape index (κ3) is 2.13. The molecule has 1 aliphatic rings. The maximum absolute atomic E-state index is 10.9. The van der Waals surface area contributed by atoms with Crippen molar-refractivity contribution in [2.24, 2.45) is 11.3 Å². The quantitative estimate of drug-likeness (QED) is 0.672. The van der Waals surface area contributed by atoms with Crippen molar-refractivity contribution >= 4 is 17.5 Å². The lowest BCUT2D eigenvalue weighted by atomic mass is 9.92. The van der Waals surface area contributed by atoms with Crippen LogP contribution in [0.4, 0.5) is 0 Å². The van der Waals surface area contributed by atoms with E-state index in [9.17, 15) is 4.79 Å². The Hall–Kier alpha value is -0.240. The number of carbonyl (C=O) groups excluding carboxylic acids is 1. The first-order chi connectivity index (χ1) is 5.60. The number of nitrogens with one attached hydrogen (secondary N) is 1. The molecule has 1 amide bonds. The zero-order chi connectivity index (χ0) is 9.19. The van der Waals surface area contributed by atoms with Gasteiger partial charge in [0.05, 0.1) is 0 Å². The highest BCUT2D eigenvalue weighted by atomic mass is 35.5. The molecule has 0 spiro atoms. The maximum Gasteiger partial charge on any atom is 0.234 e. The molecule has 1 saturated carbocycles. The molecule has 12 heavy (non-hydrogen) atoms. The van der Waals surface area contributed by atoms with Gasteiger partial charge in [-0.2, -0.15) is 0 Å². The van der Waals surface area contributed by atoms with Gasteiger partial charge in [-0.25, -0.2) is 0 Å². The normalized spacial score (nSPS) is 19.3. The van der Waals surface area contributed by atoms with Gasteiger partial charge in [-0.3, -0.25) is 4.79 Å². The number of alkyl halides is 1. The molecule has 3 heteroatoms. The molecule has 0 unspecified atom stereocenters. The fourth-order valence-corrected chi connectivity index (χ4v) is 1.54. The number of amides is 1. The third-order valence-corrected chi connectivity index (χ3v) is 3.12. The molecule has 0 aliphatic heterocycles. The molecule has 1 rings (SSSR count). The van der Waals surface area contributed by atoms with Crippen molar-refractivity contribution in [3.8, 4) is 0 Å². The molecular weight excluding hydrogens is 174 g/mol. The van der Waals surface area contributed by atoms with Crippen LogP contribution in [0.15, 0.2) is 0 Å². The van der Waals surface area contributed by atoms with Gasteiger partial charge in [-0.1, -0.05) is 13.8 Å². The molecule has 0 atom stereocenters. The average Bonchev–Trinajstić information content (AvgIpc) is 2.81. The Morgan fingerprint density at radius 1 is 1.58 bits per heavy atom. The van der Waals surface area contributed by atoms with Crippen LogP contribution in [-0.2, 0) is 4.79 Å². The molecule has 0 aromatic heterocycles. The minimum Gasteiger partial charge on any atom is -0.355 e. The van der Waals surface area contributed by atoms with Crippen LogP contribution < -0.4 is 5.32 Å². The number of carbonyl (C=O) groups is 1. The number of rotatable bonds is 4. The van der Waals surface area contributed by atoms with Crippen molar-refractivity contribution in [1.82, 2.24) is 5.32 Å². The third-order valence-electron chi connectivity index (χ3n) is 2.88. The molecule has 1 N–H and O–H groups in total. The van der Waals surface area contributed by atoms with Gasteiger partial charge in [0.1, 0.15) is 5.88 Å². The van der Waals surface area contributed by atoms with E-state index < -0.39 is 0 Å². The SMILES string of the molecule is CC(C)C1(CNC(=O)CCl)CC1. The maximum atomic E-state index is 10.9. The Bertz CT molecular complexity index is 175.